The number of hydrogen-bond donors (Lipinski definition) is 2. The van der Waals surface area contributed by atoms with Crippen LogP contribution in [0.15, 0.2) is 32.3 Å². The van der Waals surface area contributed by atoms with Crippen LogP contribution in [0.5, 0.6) is 0 Å². The molecule has 0 fully saturated rings. The molecule has 0 atom stereocenters. The molecule has 0 amide bonds. The van der Waals surface area contributed by atoms with Crippen LogP contribution in [0, 0.1) is 0 Å². The average molecular weight is 416 g/mol. The van der Waals surface area contributed by atoms with Crippen molar-refractivity contribution in [2.45, 2.75) is 10.8 Å². The minimum Gasteiger partial charge on any atom is -0.326 e. The van der Waals surface area contributed by atoms with Gasteiger partial charge in [-0.25, -0.2) is 8.42 Å². The number of anilines is 1. The van der Waals surface area contributed by atoms with E-state index in [2.05, 4.69) is 20.7 Å². The zero-order chi connectivity index (χ0) is 14.9. The van der Waals surface area contributed by atoms with Crippen molar-refractivity contribution in [1.82, 2.24) is 0 Å². The Morgan fingerprint density at radius 3 is 2.35 bits per heavy atom. The fraction of sp³-hybridized carbons (Fsp3) is 0.0909. The smallest absolute Gasteiger partial charge is 0.271 e. The fourth-order valence-corrected chi connectivity index (χ4v) is 5.16. The van der Waals surface area contributed by atoms with Gasteiger partial charge in [0.1, 0.15) is 4.21 Å². The molecule has 20 heavy (non-hydrogen) atoms. The molecule has 108 valence electrons. The van der Waals surface area contributed by atoms with Gasteiger partial charge in [-0.05, 0) is 29.1 Å². The van der Waals surface area contributed by atoms with Gasteiger partial charge in [0.05, 0.1) is 15.7 Å². The van der Waals surface area contributed by atoms with Crippen LogP contribution in [0.1, 0.15) is 5.56 Å². The van der Waals surface area contributed by atoms with Crippen molar-refractivity contribution in [1.29, 1.82) is 0 Å². The summed E-state index contributed by atoms with van der Waals surface area (Å²) in [4.78, 5) is 0. The summed E-state index contributed by atoms with van der Waals surface area (Å²) in [6.45, 7) is 0.284. The van der Waals surface area contributed by atoms with Crippen molar-refractivity contribution < 1.29 is 8.42 Å². The Hall–Kier alpha value is -0.310. The van der Waals surface area contributed by atoms with Crippen LogP contribution in [0.4, 0.5) is 5.69 Å². The van der Waals surface area contributed by atoms with Crippen molar-refractivity contribution in [3.63, 3.8) is 0 Å². The van der Waals surface area contributed by atoms with Gasteiger partial charge in [-0.3, -0.25) is 4.72 Å². The van der Waals surface area contributed by atoms with Gasteiger partial charge in [0.25, 0.3) is 10.0 Å². The molecule has 1 heterocycles. The lowest BCUT2D eigenvalue weighted by molar-refractivity contribution is 0.603. The quantitative estimate of drug-likeness (QED) is 0.790. The van der Waals surface area contributed by atoms with Crippen molar-refractivity contribution in [2.75, 3.05) is 4.72 Å². The maximum Gasteiger partial charge on any atom is 0.271 e. The highest BCUT2D eigenvalue weighted by Crippen LogP contribution is 2.35. The van der Waals surface area contributed by atoms with Gasteiger partial charge in [-0.1, -0.05) is 39.1 Å². The van der Waals surface area contributed by atoms with Crippen LogP contribution < -0.4 is 10.5 Å². The van der Waals surface area contributed by atoms with E-state index in [-0.39, 0.29) is 26.5 Å². The third kappa shape index (κ3) is 3.47. The maximum atomic E-state index is 12.2. The summed E-state index contributed by atoms with van der Waals surface area (Å²) in [6, 6.07) is 4.64. The molecule has 0 unspecified atom stereocenters. The van der Waals surface area contributed by atoms with Crippen molar-refractivity contribution in [3.8, 4) is 0 Å². The van der Waals surface area contributed by atoms with Gasteiger partial charge in [0.2, 0.25) is 0 Å². The number of benzene rings is 1. The first-order chi connectivity index (χ1) is 9.33. The summed E-state index contributed by atoms with van der Waals surface area (Å²) in [5.41, 5.74) is 6.37. The highest BCUT2D eigenvalue weighted by molar-refractivity contribution is 9.10. The second-order valence-electron chi connectivity index (χ2n) is 3.83. The van der Waals surface area contributed by atoms with E-state index < -0.39 is 10.0 Å². The molecule has 0 aliphatic rings. The van der Waals surface area contributed by atoms with Gasteiger partial charge in [0, 0.05) is 11.0 Å². The first-order valence-electron chi connectivity index (χ1n) is 5.28. The van der Waals surface area contributed by atoms with E-state index in [0.717, 1.165) is 16.9 Å². The predicted octanol–water partition coefficient (Wildman–Crippen LogP) is 4.08. The average Bonchev–Trinajstić information content (AvgIpc) is 2.83. The Kier molecular flexibility index (Phi) is 4.99. The molecule has 1 aromatic carbocycles. The molecule has 2 rings (SSSR count). The number of hydrogen-bond acceptors (Lipinski definition) is 4. The highest BCUT2D eigenvalue weighted by atomic mass is 79.9. The standard InChI is InChI=1S/C11H9BrCl2N2O2S2/c12-7-2-8(13)11(9(14)3-7)16-20(17,18)10-1-6(4-15)5-19-10/h1-3,5,16H,4,15H2. The summed E-state index contributed by atoms with van der Waals surface area (Å²) in [6.07, 6.45) is 0. The number of thiophene rings is 1. The molecular weight excluding hydrogens is 407 g/mol. The van der Waals surface area contributed by atoms with Gasteiger partial charge in [0.15, 0.2) is 0 Å². The van der Waals surface area contributed by atoms with Crippen LogP contribution >= 0.6 is 50.5 Å². The molecule has 0 radical (unpaired) electrons. The highest BCUT2D eigenvalue weighted by Gasteiger charge is 2.20. The maximum absolute atomic E-state index is 12.2. The van der Waals surface area contributed by atoms with E-state index in [0.29, 0.717) is 4.47 Å². The zero-order valence-electron chi connectivity index (χ0n) is 9.86. The monoisotopic (exact) mass is 414 g/mol. The molecule has 0 saturated heterocycles. The summed E-state index contributed by atoms with van der Waals surface area (Å²) in [7, 11) is -3.73. The van der Waals surface area contributed by atoms with E-state index >= 15 is 0 Å². The summed E-state index contributed by atoms with van der Waals surface area (Å²) in [5, 5.41) is 2.12. The SMILES string of the molecule is NCc1csc(S(=O)(=O)Nc2c(Cl)cc(Br)cc2Cl)c1. The Labute approximate surface area is 139 Å². The fourth-order valence-electron chi connectivity index (χ4n) is 1.43. The Morgan fingerprint density at radius 2 is 1.85 bits per heavy atom. The molecular formula is C11H9BrCl2N2O2S2. The lowest BCUT2D eigenvalue weighted by Crippen LogP contribution is -2.12. The Bertz CT molecular complexity index is 724. The van der Waals surface area contributed by atoms with Gasteiger partial charge < -0.3 is 5.73 Å². The van der Waals surface area contributed by atoms with Crippen molar-refractivity contribution in [3.05, 3.63) is 43.7 Å². The minimum atomic E-state index is -3.73. The van der Waals surface area contributed by atoms with Gasteiger partial charge in [-0.2, -0.15) is 0 Å². The van der Waals surface area contributed by atoms with Crippen LogP contribution in [-0.4, -0.2) is 8.42 Å². The van der Waals surface area contributed by atoms with Crippen LogP contribution in [0.3, 0.4) is 0 Å². The van der Waals surface area contributed by atoms with E-state index in [9.17, 15) is 8.42 Å². The normalized spacial score (nSPS) is 11.6. The first kappa shape index (κ1) is 16.1. The molecule has 0 aliphatic heterocycles. The largest absolute Gasteiger partial charge is 0.326 e. The van der Waals surface area contributed by atoms with E-state index in [1.165, 1.54) is 6.07 Å². The molecule has 1 aromatic heterocycles. The Balaban J connectivity index is 2.38. The lowest BCUT2D eigenvalue weighted by atomic mass is 10.3. The second kappa shape index (κ2) is 6.21. The van der Waals surface area contributed by atoms with Crippen molar-refractivity contribution >= 4 is 66.2 Å². The third-order valence-electron chi connectivity index (χ3n) is 2.37. The minimum absolute atomic E-state index is 0.152. The Morgan fingerprint density at radius 1 is 1.25 bits per heavy atom. The number of nitrogens with one attached hydrogen (secondary N) is 1. The number of nitrogens with two attached hydrogens (primary N) is 1. The van der Waals surface area contributed by atoms with Gasteiger partial charge in [-0.15, -0.1) is 11.3 Å². The van der Waals surface area contributed by atoms with Crippen LogP contribution in [0.25, 0.3) is 0 Å². The number of rotatable bonds is 4. The van der Waals surface area contributed by atoms with Gasteiger partial charge >= 0.3 is 0 Å². The number of sulfonamides is 1. The molecule has 4 nitrogen and oxygen atoms in total. The van der Waals surface area contributed by atoms with E-state index in [1.807, 2.05) is 0 Å². The van der Waals surface area contributed by atoms with Crippen LogP contribution in [-0.2, 0) is 16.6 Å². The molecule has 2 aromatic rings. The lowest BCUT2D eigenvalue weighted by Gasteiger charge is -2.10. The van der Waals surface area contributed by atoms with E-state index in [1.54, 1.807) is 17.5 Å². The number of halogens is 3. The third-order valence-corrected chi connectivity index (χ3v) is 6.27. The molecule has 9 heteroatoms. The summed E-state index contributed by atoms with van der Waals surface area (Å²) >= 11 is 16.3. The molecule has 0 saturated carbocycles. The molecule has 0 spiro atoms. The van der Waals surface area contributed by atoms with Crippen LogP contribution in [0.2, 0.25) is 10.0 Å². The molecule has 0 aliphatic carbocycles. The second-order valence-corrected chi connectivity index (χ2v) is 8.38. The first-order valence-corrected chi connectivity index (χ1v) is 9.19. The predicted molar refractivity (Wildman–Crippen MR) is 87.2 cm³/mol. The van der Waals surface area contributed by atoms with E-state index in [4.69, 9.17) is 28.9 Å². The molecule has 0 bridgehead atoms. The van der Waals surface area contributed by atoms with Crippen molar-refractivity contribution in [2.24, 2.45) is 5.73 Å². The zero-order valence-corrected chi connectivity index (χ0v) is 14.6. The topological polar surface area (TPSA) is 72.2 Å². The molecule has 3 N–H and O–H groups in total. The summed E-state index contributed by atoms with van der Waals surface area (Å²) < 4.78 is 27.7. The summed E-state index contributed by atoms with van der Waals surface area (Å²) in [5.74, 6) is 0.